The van der Waals surface area contributed by atoms with Crippen LogP contribution in [0.25, 0.3) is 0 Å². The van der Waals surface area contributed by atoms with Gasteiger partial charge in [-0.1, -0.05) is 13.8 Å². The number of hydrogen-bond acceptors (Lipinski definition) is 4. The fourth-order valence-corrected chi connectivity index (χ4v) is 1.51. The predicted molar refractivity (Wildman–Crippen MR) is 75.8 cm³/mol. The summed E-state index contributed by atoms with van der Waals surface area (Å²) < 4.78 is 5.44. The first-order chi connectivity index (χ1) is 9.31. The summed E-state index contributed by atoms with van der Waals surface area (Å²) in [6.07, 6.45) is -0.677. The molecule has 0 saturated carbocycles. The number of carbonyl (C=O) groups is 2. The molecule has 1 aromatic carbocycles. The van der Waals surface area contributed by atoms with E-state index in [1.165, 1.54) is 18.2 Å². The number of nitrogens with one attached hydrogen (secondary N) is 1. The number of nitrogens with two attached hydrogens (primary N) is 1. The Hall–Kier alpha value is -2.24. The Labute approximate surface area is 117 Å². The van der Waals surface area contributed by atoms with Gasteiger partial charge in [-0.25, -0.2) is 4.79 Å². The standard InChI is InChI=1S/C14H20N2O4/c1-8(2)7-16-13(17)9(3)20-10-4-5-11(14(18)19)12(15)6-10/h4-6,8-9H,7,15H2,1-3H3,(H,16,17)(H,18,19). The normalized spacial score (nSPS) is 12.0. The Balaban J connectivity index is 2.66. The number of nitrogen functional groups attached to an aromatic ring is 1. The molecule has 0 aliphatic carbocycles. The summed E-state index contributed by atoms with van der Waals surface area (Å²) in [5.74, 6) is -0.604. The first kappa shape index (κ1) is 15.8. The zero-order chi connectivity index (χ0) is 15.3. The van der Waals surface area contributed by atoms with Crippen molar-refractivity contribution in [3.8, 4) is 5.75 Å². The van der Waals surface area contributed by atoms with Gasteiger partial charge in [-0.15, -0.1) is 0 Å². The Kier molecular flexibility index (Phi) is 5.37. The first-order valence-corrected chi connectivity index (χ1v) is 6.38. The van der Waals surface area contributed by atoms with E-state index in [1.807, 2.05) is 13.8 Å². The van der Waals surface area contributed by atoms with Gasteiger partial charge in [0.1, 0.15) is 5.75 Å². The van der Waals surface area contributed by atoms with Crippen molar-refractivity contribution in [1.29, 1.82) is 0 Å². The van der Waals surface area contributed by atoms with Crippen LogP contribution in [0, 0.1) is 5.92 Å². The minimum absolute atomic E-state index is 0.00858. The molecule has 1 unspecified atom stereocenters. The summed E-state index contributed by atoms with van der Waals surface area (Å²) >= 11 is 0. The molecule has 0 aliphatic rings. The number of rotatable bonds is 6. The second-order valence-electron chi connectivity index (χ2n) is 4.95. The zero-order valence-electron chi connectivity index (χ0n) is 11.8. The van der Waals surface area contributed by atoms with Gasteiger partial charge >= 0.3 is 5.97 Å². The molecular weight excluding hydrogens is 260 g/mol. The van der Waals surface area contributed by atoms with E-state index in [9.17, 15) is 9.59 Å². The van der Waals surface area contributed by atoms with E-state index in [2.05, 4.69) is 5.32 Å². The van der Waals surface area contributed by atoms with Crippen LogP contribution >= 0.6 is 0 Å². The van der Waals surface area contributed by atoms with Crippen LogP contribution in [0.2, 0.25) is 0 Å². The van der Waals surface area contributed by atoms with Crippen molar-refractivity contribution >= 4 is 17.6 Å². The third-order valence-electron chi connectivity index (χ3n) is 2.62. The van der Waals surface area contributed by atoms with Crippen molar-refractivity contribution in [1.82, 2.24) is 5.32 Å². The zero-order valence-corrected chi connectivity index (χ0v) is 11.8. The minimum Gasteiger partial charge on any atom is -0.481 e. The third kappa shape index (κ3) is 4.46. The van der Waals surface area contributed by atoms with Crippen LogP contribution in [0.5, 0.6) is 5.75 Å². The van der Waals surface area contributed by atoms with Gasteiger partial charge in [-0.2, -0.15) is 0 Å². The number of ether oxygens (including phenoxy) is 1. The average molecular weight is 280 g/mol. The molecule has 0 aliphatic heterocycles. The van der Waals surface area contributed by atoms with E-state index in [0.717, 1.165) is 0 Å². The first-order valence-electron chi connectivity index (χ1n) is 6.38. The number of carbonyl (C=O) groups excluding carboxylic acids is 1. The Morgan fingerprint density at radius 2 is 2.00 bits per heavy atom. The molecule has 0 heterocycles. The maximum atomic E-state index is 11.8. The van der Waals surface area contributed by atoms with E-state index in [-0.39, 0.29) is 17.2 Å². The largest absolute Gasteiger partial charge is 0.481 e. The lowest BCUT2D eigenvalue weighted by Gasteiger charge is -2.16. The van der Waals surface area contributed by atoms with Gasteiger partial charge < -0.3 is 20.9 Å². The molecule has 1 aromatic rings. The van der Waals surface area contributed by atoms with Crippen molar-refractivity contribution in [2.45, 2.75) is 26.9 Å². The van der Waals surface area contributed by atoms with E-state index >= 15 is 0 Å². The van der Waals surface area contributed by atoms with Crippen LogP contribution in [0.4, 0.5) is 5.69 Å². The number of carboxylic acid groups (broad SMARTS) is 1. The van der Waals surface area contributed by atoms with Crippen LogP contribution in [-0.2, 0) is 4.79 Å². The smallest absolute Gasteiger partial charge is 0.337 e. The summed E-state index contributed by atoms with van der Waals surface area (Å²) in [5.41, 5.74) is 5.72. The molecule has 6 nitrogen and oxygen atoms in total. The summed E-state index contributed by atoms with van der Waals surface area (Å²) in [6.45, 7) is 6.19. The van der Waals surface area contributed by atoms with Gasteiger partial charge in [-0.05, 0) is 25.0 Å². The molecule has 0 fully saturated rings. The summed E-state index contributed by atoms with van der Waals surface area (Å²) in [4.78, 5) is 22.6. The van der Waals surface area contributed by atoms with Crippen molar-refractivity contribution in [3.63, 3.8) is 0 Å². The maximum absolute atomic E-state index is 11.8. The SMILES string of the molecule is CC(C)CNC(=O)C(C)Oc1ccc(C(=O)O)c(N)c1. The van der Waals surface area contributed by atoms with Crippen LogP contribution in [-0.4, -0.2) is 29.6 Å². The van der Waals surface area contributed by atoms with E-state index in [1.54, 1.807) is 6.92 Å². The number of aromatic carboxylic acids is 1. The van der Waals surface area contributed by atoms with Gasteiger partial charge in [0.15, 0.2) is 6.10 Å². The van der Waals surface area contributed by atoms with Gasteiger partial charge in [0.2, 0.25) is 0 Å². The number of benzene rings is 1. The van der Waals surface area contributed by atoms with Crippen molar-refractivity contribution in [2.24, 2.45) is 5.92 Å². The molecule has 4 N–H and O–H groups in total. The molecular formula is C14H20N2O4. The van der Waals surface area contributed by atoms with Gasteiger partial charge in [0, 0.05) is 18.3 Å². The lowest BCUT2D eigenvalue weighted by Crippen LogP contribution is -2.38. The van der Waals surface area contributed by atoms with Gasteiger partial charge in [0.05, 0.1) is 5.56 Å². The molecule has 0 spiro atoms. The molecule has 6 heteroatoms. The van der Waals surface area contributed by atoms with Crippen molar-refractivity contribution < 1.29 is 19.4 Å². The number of anilines is 1. The van der Waals surface area contributed by atoms with Crippen LogP contribution in [0.1, 0.15) is 31.1 Å². The van der Waals surface area contributed by atoms with Crippen LogP contribution in [0.15, 0.2) is 18.2 Å². The molecule has 1 rings (SSSR count). The molecule has 20 heavy (non-hydrogen) atoms. The number of carboxylic acids is 1. The fraction of sp³-hybridized carbons (Fsp3) is 0.429. The van der Waals surface area contributed by atoms with E-state index in [0.29, 0.717) is 18.2 Å². The lowest BCUT2D eigenvalue weighted by atomic mass is 10.2. The van der Waals surface area contributed by atoms with Crippen LogP contribution < -0.4 is 15.8 Å². The molecule has 1 amide bonds. The highest BCUT2D eigenvalue weighted by Crippen LogP contribution is 2.21. The monoisotopic (exact) mass is 280 g/mol. The van der Waals surface area contributed by atoms with E-state index < -0.39 is 12.1 Å². The topological polar surface area (TPSA) is 102 Å². The summed E-state index contributed by atoms with van der Waals surface area (Å²) in [7, 11) is 0. The highest BCUT2D eigenvalue weighted by atomic mass is 16.5. The quantitative estimate of drug-likeness (QED) is 0.685. The molecule has 1 atom stereocenters. The Bertz CT molecular complexity index is 500. The lowest BCUT2D eigenvalue weighted by molar-refractivity contribution is -0.127. The van der Waals surface area contributed by atoms with Gasteiger partial charge in [0.25, 0.3) is 5.91 Å². The molecule has 0 radical (unpaired) electrons. The average Bonchev–Trinajstić information content (AvgIpc) is 2.35. The highest BCUT2D eigenvalue weighted by molar-refractivity contribution is 5.93. The van der Waals surface area contributed by atoms with Crippen molar-refractivity contribution in [2.75, 3.05) is 12.3 Å². The van der Waals surface area contributed by atoms with E-state index in [4.69, 9.17) is 15.6 Å². The summed E-state index contributed by atoms with van der Waals surface area (Å²) in [6, 6.07) is 4.23. The highest BCUT2D eigenvalue weighted by Gasteiger charge is 2.16. The third-order valence-corrected chi connectivity index (χ3v) is 2.62. The molecule has 110 valence electrons. The molecule has 0 bridgehead atoms. The van der Waals surface area contributed by atoms with Crippen molar-refractivity contribution in [3.05, 3.63) is 23.8 Å². The maximum Gasteiger partial charge on any atom is 0.337 e. The fourth-order valence-electron chi connectivity index (χ4n) is 1.51. The number of hydrogen-bond donors (Lipinski definition) is 3. The molecule has 0 aromatic heterocycles. The minimum atomic E-state index is -1.10. The number of amides is 1. The Morgan fingerprint density at radius 3 is 2.50 bits per heavy atom. The summed E-state index contributed by atoms with van der Waals surface area (Å²) in [5, 5.41) is 11.6. The van der Waals surface area contributed by atoms with Gasteiger partial charge in [-0.3, -0.25) is 4.79 Å². The second-order valence-corrected chi connectivity index (χ2v) is 4.95. The Morgan fingerprint density at radius 1 is 1.35 bits per heavy atom. The molecule has 0 saturated heterocycles. The predicted octanol–water partition coefficient (Wildman–Crippen LogP) is 1.51. The van der Waals surface area contributed by atoms with Crippen LogP contribution in [0.3, 0.4) is 0 Å². The second kappa shape index (κ2) is 6.79.